The first-order valence-corrected chi connectivity index (χ1v) is 9.37. The fraction of sp³-hybridized carbons (Fsp3) is 0.450. The molecular weight excluding hydrogens is 324 g/mol. The van der Waals surface area contributed by atoms with E-state index in [1.54, 1.807) is 6.33 Å². The zero-order valence-corrected chi connectivity index (χ0v) is 16.2. The first kappa shape index (κ1) is 18.3. The second-order valence-corrected chi connectivity index (χ2v) is 6.46. The van der Waals surface area contributed by atoms with Crippen molar-refractivity contribution in [1.29, 1.82) is 0 Å². The van der Waals surface area contributed by atoms with Crippen LogP contribution in [0.1, 0.15) is 31.5 Å². The third-order valence-electron chi connectivity index (χ3n) is 5.01. The SMILES string of the molecule is CCN(CC)CCCNc1ncnc2c1c(C)c(C)n2-c1ccccn1. The third-order valence-corrected chi connectivity index (χ3v) is 5.01. The number of hydrogen-bond donors (Lipinski definition) is 1. The summed E-state index contributed by atoms with van der Waals surface area (Å²) in [5.74, 6) is 1.79. The highest BCUT2D eigenvalue weighted by atomic mass is 15.1. The van der Waals surface area contributed by atoms with Crippen molar-refractivity contribution in [2.75, 3.05) is 31.5 Å². The molecule has 6 heteroatoms. The van der Waals surface area contributed by atoms with Crippen molar-refractivity contribution in [2.24, 2.45) is 0 Å². The average molecular weight is 352 g/mol. The molecule has 3 heterocycles. The molecule has 0 unspecified atom stereocenters. The molecule has 0 atom stereocenters. The molecule has 3 aromatic rings. The van der Waals surface area contributed by atoms with E-state index in [1.807, 2.05) is 24.4 Å². The molecule has 0 amide bonds. The van der Waals surface area contributed by atoms with Gasteiger partial charge in [0.2, 0.25) is 0 Å². The minimum Gasteiger partial charge on any atom is -0.369 e. The molecule has 0 bridgehead atoms. The Morgan fingerprint density at radius 3 is 2.58 bits per heavy atom. The molecular formula is C20H28N6. The zero-order valence-electron chi connectivity index (χ0n) is 16.2. The third kappa shape index (κ3) is 3.55. The lowest BCUT2D eigenvalue weighted by Crippen LogP contribution is -2.25. The van der Waals surface area contributed by atoms with Gasteiger partial charge in [-0.2, -0.15) is 0 Å². The van der Waals surface area contributed by atoms with E-state index in [1.165, 1.54) is 5.56 Å². The van der Waals surface area contributed by atoms with Crippen LogP contribution in [0.4, 0.5) is 5.82 Å². The lowest BCUT2D eigenvalue weighted by atomic mass is 10.2. The van der Waals surface area contributed by atoms with E-state index >= 15 is 0 Å². The first-order valence-electron chi connectivity index (χ1n) is 9.37. The number of pyridine rings is 1. The van der Waals surface area contributed by atoms with Crippen LogP contribution in [0.2, 0.25) is 0 Å². The highest BCUT2D eigenvalue weighted by molar-refractivity contribution is 5.92. The normalized spacial score (nSPS) is 11.4. The molecule has 0 saturated heterocycles. The molecule has 3 rings (SSSR count). The lowest BCUT2D eigenvalue weighted by molar-refractivity contribution is 0.303. The van der Waals surface area contributed by atoms with Gasteiger partial charge in [0.25, 0.3) is 0 Å². The minimum absolute atomic E-state index is 0.884. The van der Waals surface area contributed by atoms with Gasteiger partial charge in [-0.25, -0.2) is 15.0 Å². The fourth-order valence-corrected chi connectivity index (χ4v) is 3.35. The van der Waals surface area contributed by atoms with Gasteiger partial charge in [-0.3, -0.25) is 4.57 Å². The maximum atomic E-state index is 4.55. The fourth-order valence-electron chi connectivity index (χ4n) is 3.35. The number of fused-ring (bicyclic) bond motifs is 1. The van der Waals surface area contributed by atoms with Crippen LogP contribution in [0.25, 0.3) is 16.9 Å². The summed E-state index contributed by atoms with van der Waals surface area (Å²) in [7, 11) is 0. The molecule has 1 N–H and O–H groups in total. The zero-order chi connectivity index (χ0) is 18.5. The summed E-state index contributed by atoms with van der Waals surface area (Å²) in [6, 6.07) is 5.93. The van der Waals surface area contributed by atoms with E-state index in [9.17, 15) is 0 Å². The van der Waals surface area contributed by atoms with E-state index in [-0.39, 0.29) is 0 Å². The van der Waals surface area contributed by atoms with Crippen LogP contribution < -0.4 is 5.32 Å². The maximum absolute atomic E-state index is 4.55. The van der Waals surface area contributed by atoms with Crippen LogP contribution >= 0.6 is 0 Å². The van der Waals surface area contributed by atoms with Gasteiger partial charge in [-0.05, 0) is 57.6 Å². The van der Waals surface area contributed by atoms with E-state index in [2.05, 4.69) is 57.4 Å². The molecule has 6 nitrogen and oxygen atoms in total. The molecule has 0 spiro atoms. The van der Waals surface area contributed by atoms with E-state index < -0.39 is 0 Å². The summed E-state index contributed by atoms with van der Waals surface area (Å²) in [5.41, 5.74) is 3.24. The van der Waals surface area contributed by atoms with Gasteiger partial charge < -0.3 is 10.2 Å². The Bertz CT molecular complexity index is 852. The summed E-state index contributed by atoms with van der Waals surface area (Å²) in [6.07, 6.45) is 4.53. The molecule has 138 valence electrons. The molecule has 0 aliphatic rings. The number of nitrogens with one attached hydrogen (secondary N) is 1. The number of rotatable bonds is 8. The molecule has 0 aromatic carbocycles. The van der Waals surface area contributed by atoms with Crippen molar-refractivity contribution in [2.45, 2.75) is 34.1 Å². The molecule has 0 aliphatic heterocycles. The monoisotopic (exact) mass is 352 g/mol. The van der Waals surface area contributed by atoms with Gasteiger partial charge in [0.1, 0.15) is 18.0 Å². The van der Waals surface area contributed by atoms with Gasteiger partial charge in [0.05, 0.1) is 5.39 Å². The second kappa shape index (κ2) is 8.27. The van der Waals surface area contributed by atoms with Crippen molar-refractivity contribution >= 4 is 16.9 Å². The van der Waals surface area contributed by atoms with Crippen molar-refractivity contribution in [3.05, 3.63) is 42.0 Å². The highest BCUT2D eigenvalue weighted by Crippen LogP contribution is 2.30. The molecule has 0 radical (unpaired) electrons. The Labute approximate surface area is 155 Å². The van der Waals surface area contributed by atoms with Crippen LogP contribution in [0, 0.1) is 13.8 Å². The van der Waals surface area contributed by atoms with E-state index in [4.69, 9.17) is 0 Å². The predicted octanol–water partition coefficient (Wildman–Crippen LogP) is 3.58. The summed E-state index contributed by atoms with van der Waals surface area (Å²) < 4.78 is 2.10. The highest BCUT2D eigenvalue weighted by Gasteiger charge is 2.17. The number of hydrogen-bond acceptors (Lipinski definition) is 5. The van der Waals surface area contributed by atoms with Crippen molar-refractivity contribution in [3.63, 3.8) is 0 Å². The van der Waals surface area contributed by atoms with Gasteiger partial charge in [0, 0.05) is 18.4 Å². The molecule has 0 fully saturated rings. The molecule has 26 heavy (non-hydrogen) atoms. The quantitative estimate of drug-likeness (QED) is 0.628. The lowest BCUT2D eigenvalue weighted by Gasteiger charge is -2.17. The number of anilines is 1. The second-order valence-electron chi connectivity index (χ2n) is 6.46. The maximum Gasteiger partial charge on any atom is 0.151 e. The number of aromatic nitrogens is 4. The Morgan fingerprint density at radius 1 is 1.08 bits per heavy atom. The largest absolute Gasteiger partial charge is 0.369 e. The Balaban J connectivity index is 1.87. The predicted molar refractivity (Wildman–Crippen MR) is 107 cm³/mol. The molecule has 0 saturated carbocycles. The number of nitrogens with zero attached hydrogens (tertiary/aromatic N) is 5. The van der Waals surface area contributed by atoms with Crippen molar-refractivity contribution in [3.8, 4) is 5.82 Å². The van der Waals surface area contributed by atoms with E-state index in [0.717, 1.165) is 61.0 Å². The first-order chi connectivity index (χ1) is 12.7. The van der Waals surface area contributed by atoms with Crippen LogP contribution in [0.15, 0.2) is 30.7 Å². The Kier molecular flexibility index (Phi) is 5.83. The smallest absolute Gasteiger partial charge is 0.151 e. The van der Waals surface area contributed by atoms with Gasteiger partial charge in [-0.1, -0.05) is 19.9 Å². The standard InChI is InChI=1S/C20H28N6/c1-5-25(6-2)13-9-12-22-19-18-15(3)16(4)26(20(18)24-14-23-19)17-10-7-8-11-21-17/h7-8,10-11,14H,5-6,9,12-13H2,1-4H3,(H,22,23,24). The summed E-state index contributed by atoms with van der Waals surface area (Å²) >= 11 is 0. The number of aryl methyl sites for hydroxylation is 1. The topological polar surface area (TPSA) is 58.9 Å². The average Bonchev–Trinajstić information content (AvgIpc) is 2.94. The summed E-state index contributed by atoms with van der Waals surface area (Å²) in [5, 5.41) is 4.59. The molecule has 0 aliphatic carbocycles. The van der Waals surface area contributed by atoms with Crippen molar-refractivity contribution in [1.82, 2.24) is 24.4 Å². The summed E-state index contributed by atoms with van der Waals surface area (Å²) in [4.78, 5) is 16.0. The molecule has 3 aromatic heterocycles. The van der Waals surface area contributed by atoms with Gasteiger partial charge in [0.15, 0.2) is 5.65 Å². The Hall–Kier alpha value is -2.47. The Morgan fingerprint density at radius 2 is 1.88 bits per heavy atom. The van der Waals surface area contributed by atoms with Crippen LogP contribution in [0.5, 0.6) is 0 Å². The summed E-state index contributed by atoms with van der Waals surface area (Å²) in [6.45, 7) is 12.8. The minimum atomic E-state index is 0.884. The van der Waals surface area contributed by atoms with Crippen LogP contribution in [-0.4, -0.2) is 50.6 Å². The van der Waals surface area contributed by atoms with Crippen LogP contribution in [-0.2, 0) is 0 Å². The van der Waals surface area contributed by atoms with Gasteiger partial charge >= 0.3 is 0 Å². The van der Waals surface area contributed by atoms with Gasteiger partial charge in [-0.15, -0.1) is 0 Å². The van der Waals surface area contributed by atoms with Crippen molar-refractivity contribution < 1.29 is 0 Å². The van der Waals surface area contributed by atoms with E-state index in [0.29, 0.717) is 0 Å². The van der Waals surface area contributed by atoms with Crippen LogP contribution in [0.3, 0.4) is 0 Å².